The minimum Gasteiger partial charge on any atom is -0.481 e. The minimum absolute atomic E-state index is 0.00517. The van der Waals surface area contributed by atoms with E-state index in [0.29, 0.717) is 11.6 Å². The van der Waals surface area contributed by atoms with Crippen LogP contribution in [-0.4, -0.2) is 22.0 Å². The third-order valence-corrected chi connectivity index (χ3v) is 3.39. The Labute approximate surface area is 104 Å². The second-order valence-corrected chi connectivity index (χ2v) is 5.19. The highest BCUT2D eigenvalue weighted by Crippen LogP contribution is 2.30. The van der Waals surface area contributed by atoms with E-state index in [1.807, 2.05) is 13.8 Å². The number of carbonyl (C=O) groups excluding carboxylic acids is 1. The fourth-order valence-electron chi connectivity index (χ4n) is 1.51. The Kier molecular flexibility index (Phi) is 4.62. The molecule has 0 aliphatic carbocycles. The highest BCUT2D eigenvalue weighted by atomic mass is 32.1. The van der Waals surface area contributed by atoms with Gasteiger partial charge in [0.05, 0.1) is 6.42 Å². The number of nitrogens with zero attached hydrogens (tertiary/aromatic N) is 1. The predicted molar refractivity (Wildman–Crippen MR) is 66.0 cm³/mol. The molecule has 0 aromatic carbocycles. The molecule has 6 heteroatoms. The summed E-state index contributed by atoms with van der Waals surface area (Å²) in [7, 11) is 0. The van der Waals surface area contributed by atoms with E-state index in [1.54, 1.807) is 11.6 Å². The van der Waals surface area contributed by atoms with E-state index < -0.39 is 11.4 Å². The number of anilines is 1. The lowest BCUT2D eigenvalue weighted by molar-refractivity contribution is -0.140. The van der Waals surface area contributed by atoms with Crippen molar-refractivity contribution in [3.63, 3.8) is 0 Å². The number of thiazole rings is 1. The van der Waals surface area contributed by atoms with Gasteiger partial charge in [-0.15, -0.1) is 11.3 Å². The van der Waals surface area contributed by atoms with Crippen LogP contribution >= 0.6 is 11.3 Å². The molecule has 0 aliphatic rings. The van der Waals surface area contributed by atoms with Gasteiger partial charge in [-0.25, -0.2) is 4.98 Å². The van der Waals surface area contributed by atoms with E-state index in [1.165, 1.54) is 11.3 Å². The molecule has 1 heterocycles. The first-order valence-corrected chi connectivity index (χ1v) is 6.24. The fraction of sp³-hybridized carbons (Fsp3) is 0.545. The van der Waals surface area contributed by atoms with Crippen LogP contribution in [0.3, 0.4) is 0 Å². The highest BCUT2D eigenvalue weighted by molar-refractivity contribution is 7.13. The van der Waals surface area contributed by atoms with Crippen LogP contribution in [0.4, 0.5) is 5.13 Å². The Morgan fingerprint density at radius 1 is 1.53 bits per heavy atom. The molecular weight excluding hydrogens is 240 g/mol. The zero-order valence-electron chi connectivity index (χ0n) is 9.90. The molecule has 1 atom stereocenters. The first-order valence-electron chi connectivity index (χ1n) is 5.36. The summed E-state index contributed by atoms with van der Waals surface area (Å²) in [4.78, 5) is 26.4. The summed E-state index contributed by atoms with van der Waals surface area (Å²) in [5.74, 6) is -1.07. The molecule has 1 amide bonds. The number of hydrogen-bond donors (Lipinski definition) is 2. The van der Waals surface area contributed by atoms with Gasteiger partial charge in [-0.2, -0.15) is 0 Å². The first kappa shape index (κ1) is 13.6. The summed E-state index contributed by atoms with van der Waals surface area (Å²) in [6.07, 6.45) is 2.44. The third kappa shape index (κ3) is 4.52. The molecule has 1 aromatic rings. The van der Waals surface area contributed by atoms with Crippen LogP contribution in [-0.2, 0) is 9.59 Å². The molecule has 0 spiro atoms. The SMILES string of the molecule is CCC(C)(CC(=O)O)CC(=O)Nc1nccs1. The summed E-state index contributed by atoms with van der Waals surface area (Å²) in [6, 6.07) is 0. The summed E-state index contributed by atoms with van der Waals surface area (Å²) in [5, 5.41) is 13.8. The van der Waals surface area contributed by atoms with Gasteiger partial charge >= 0.3 is 5.97 Å². The summed E-state index contributed by atoms with van der Waals surface area (Å²) >= 11 is 1.34. The lowest BCUT2D eigenvalue weighted by Crippen LogP contribution is -2.26. The Morgan fingerprint density at radius 2 is 2.24 bits per heavy atom. The molecule has 1 aromatic heterocycles. The number of rotatable bonds is 6. The van der Waals surface area contributed by atoms with Gasteiger partial charge in [0, 0.05) is 18.0 Å². The van der Waals surface area contributed by atoms with Gasteiger partial charge in [0.25, 0.3) is 0 Å². The number of carboxylic acid groups (broad SMARTS) is 1. The van der Waals surface area contributed by atoms with E-state index in [-0.39, 0.29) is 18.7 Å². The maximum Gasteiger partial charge on any atom is 0.303 e. The van der Waals surface area contributed by atoms with Gasteiger partial charge in [0.1, 0.15) is 0 Å². The number of aliphatic carboxylic acids is 1. The number of amides is 1. The van der Waals surface area contributed by atoms with Gasteiger partial charge in [0.15, 0.2) is 5.13 Å². The smallest absolute Gasteiger partial charge is 0.303 e. The van der Waals surface area contributed by atoms with Gasteiger partial charge in [-0.1, -0.05) is 13.8 Å². The summed E-state index contributed by atoms with van der Waals surface area (Å²) in [5.41, 5.74) is -0.507. The van der Waals surface area contributed by atoms with Crippen molar-refractivity contribution in [2.75, 3.05) is 5.32 Å². The summed E-state index contributed by atoms with van der Waals surface area (Å²) in [6.45, 7) is 3.70. The number of aromatic nitrogens is 1. The Hall–Kier alpha value is -1.43. The first-order chi connectivity index (χ1) is 7.95. The Balaban J connectivity index is 2.56. The second kappa shape index (κ2) is 5.77. The van der Waals surface area contributed by atoms with Crippen molar-refractivity contribution in [3.8, 4) is 0 Å². The van der Waals surface area contributed by atoms with Crippen LogP contribution in [0, 0.1) is 5.41 Å². The lowest BCUT2D eigenvalue weighted by Gasteiger charge is -2.25. The van der Waals surface area contributed by atoms with Crippen LogP contribution in [0.15, 0.2) is 11.6 Å². The molecule has 5 nitrogen and oxygen atoms in total. The molecule has 0 bridgehead atoms. The molecule has 0 saturated carbocycles. The molecule has 94 valence electrons. The highest BCUT2D eigenvalue weighted by Gasteiger charge is 2.28. The molecule has 1 rings (SSSR count). The van der Waals surface area contributed by atoms with E-state index in [2.05, 4.69) is 10.3 Å². The van der Waals surface area contributed by atoms with Crippen LogP contribution in [0.5, 0.6) is 0 Å². The van der Waals surface area contributed by atoms with Crippen molar-refractivity contribution in [1.82, 2.24) is 4.98 Å². The van der Waals surface area contributed by atoms with Crippen molar-refractivity contribution in [1.29, 1.82) is 0 Å². The number of hydrogen-bond acceptors (Lipinski definition) is 4. The average molecular weight is 256 g/mol. The van der Waals surface area contributed by atoms with Crippen LogP contribution in [0.2, 0.25) is 0 Å². The molecule has 0 saturated heterocycles. The lowest BCUT2D eigenvalue weighted by atomic mass is 9.80. The largest absolute Gasteiger partial charge is 0.481 e. The van der Waals surface area contributed by atoms with Crippen LogP contribution < -0.4 is 5.32 Å². The Bertz CT molecular complexity index is 391. The third-order valence-electron chi connectivity index (χ3n) is 2.70. The van der Waals surface area contributed by atoms with E-state index in [4.69, 9.17) is 5.11 Å². The van der Waals surface area contributed by atoms with Crippen molar-refractivity contribution in [2.45, 2.75) is 33.1 Å². The maximum atomic E-state index is 11.7. The second-order valence-electron chi connectivity index (χ2n) is 4.30. The molecule has 1 unspecified atom stereocenters. The molecular formula is C11H16N2O3S. The molecule has 0 fully saturated rings. The van der Waals surface area contributed by atoms with Gasteiger partial charge in [-0.3, -0.25) is 9.59 Å². The van der Waals surface area contributed by atoms with E-state index in [9.17, 15) is 9.59 Å². The average Bonchev–Trinajstić information content (AvgIpc) is 2.68. The molecule has 0 radical (unpaired) electrons. The minimum atomic E-state index is -0.878. The maximum absolute atomic E-state index is 11.7. The van der Waals surface area contributed by atoms with Crippen molar-refractivity contribution in [2.24, 2.45) is 5.41 Å². The van der Waals surface area contributed by atoms with Gasteiger partial charge in [0.2, 0.25) is 5.91 Å². The quantitative estimate of drug-likeness (QED) is 0.819. The monoisotopic (exact) mass is 256 g/mol. The van der Waals surface area contributed by atoms with Crippen LogP contribution in [0.25, 0.3) is 0 Å². The fourth-order valence-corrected chi connectivity index (χ4v) is 2.06. The number of nitrogens with one attached hydrogen (secondary N) is 1. The summed E-state index contributed by atoms with van der Waals surface area (Å²) < 4.78 is 0. The normalized spacial score (nSPS) is 14.0. The molecule has 17 heavy (non-hydrogen) atoms. The van der Waals surface area contributed by atoms with E-state index in [0.717, 1.165) is 0 Å². The van der Waals surface area contributed by atoms with Gasteiger partial charge < -0.3 is 10.4 Å². The zero-order valence-corrected chi connectivity index (χ0v) is 10.7. The predicted octanol–water partition coefficient (Wildman–Crippen LogP) is 2.36. The standard InChI is InChI=1S/C11H16N2O3S/c1-3-11(2,7-9(15)16)6-8(14)13-10-12-4-5-17-10/h4-5H,3,6-7H2,1-2H3,(H,15,16)(H,12,13,14). The Morgan fingerprint density at radius 3 is 2.71 bits per heavy atom. The number of carbonyl (C=O) groups is 2. The molecule has 2 N–H and O–H groups in total. The van der Waals surface area contributed by atoms with Crippen molar-refractivity contribution in [3.05, 3.63) is 11.6 Å². The number of carboxylic acids is 1. The molecule has 0 aliphatic heterocycles. The topological polar surface area (TPSA) is 79.3 Å². The van der Waals surface area contributed by atoms with E-state index >= 15 is 0 Å². The zero-order chi connectivity index (χ0) is 12.9. The van der Waals surface area contributed by atoms with Crippen molar-refractivity contribution >= 4 is 28.3 Å². The van der Waals surface area contributed by atoms with Crippen molar-refractivity contribution < 1.29 is 14.7 Å². The van der Waals surface area contributed by atoms with Crippen LogP contribution in [0.1, 0.15) is 33.1 Å². The van der Waals surface area contributed by atoms with Gasteiger partial charge in [-0.05, 0) is 11.8 Å².